The molecule has 0 spiro atoms. The molecule has 0 bridgehead atoms. The van der Waals surface area contributed by atoms with Crippen molar-refractivity contribution >= 4 is 5.91 Å². The minimum absolute atomic E-state index is 0.0816. The summed E-state index contributed by atoms with van der Waals surface area (Å²) in [6.45, 7) is 2.91. The van der Waals surface area contributed by atoms with Crippen LogP contribution in [0.5, 0.6) is 0 Å². The Morgan fingerprint density at radius 3 is 2.55 bits per heavy atom. The van der Waals surface area contributed by atoms with Gasteiger partial charge in [-0.2, -0.15) is 0 Å². The molecule has 1 atom stereocenters. The van der Waals surface area contributed by atoms with E-state index >= 15 is 0 Å². The van der Waals surface area contributed by atoms with Crippen molar-refractivity contribution in [2.75, 3.05) is 13.6 Å². The fourth-order valence-electron chi connectivity index (χ4n) is 2.26. The summed E-state index contributed by atoms with van der Waals surface area (Å²) >= 11 is 0. The number of hydrogen-bond acceptors (Lipinski definition) is 2. The number of nitrogens with two attached hydrogens (primary N) is 1. The van der Waals surface area contributed by atoms with E-state index < -0.39 is 0 Å². The van der Waals surface area contributed by atoms with E-state index in [1.807, 2.05) is 13.1 Å². The molecule has 0 radical (unpaired) electrons. The standard InChI is InChI=1S/C17H28N2O/c1-3-4-13-16(18)17(20)19(2)14-9-8-12-15-10-6-5-7-11-15/h5-7,10-11,16H,3-4,8-9,12-14,18H2,1-2H3/t16-/m0/s1. The molecule has 0 aliphatic rings. The van der Waals surface area contributed by atoms with Crippen LogP contribution < -0.4 is 5.73 Å². The van der Waals surface area contributed by atoms with Crippen LogP contribution in [0.25, 0.3) is 0 Å². The third kappa shape index (κ3) is 6.20. The zero-order valence-electron chi connectivity index (χ0n) is 12.8. The van der Waals surface area contributed by atoms with Crippen LogP contribution in [-0.4, -0.2) is 30.4 Å². The van der Waals surface area contributed by atoms with E-state index in [0.29, 0.717) is 0 Å². The van der Waals surface area contributed by atoms with E-state index in [1.54, 1.807) is 4.90 Å². The maximum absolute atomic E-state index is 12.0. The van der Waals surface area contributed by atoms with Crippen LogP contribution in [0.1, 0.15) is 44.6 Å². The van der Waals surface area contributed by atoms with Crippen molar-refractivity contribution in [3.8, 4) is 0 Å². The van der Waals surface area contributed by atoms with E-state index in [9.17, 15) is 4.79 Å². The van der Waals surface area contributed by atoms with Gasteiger partial charge in [0.2, 0.25) is 5.91 Å². The number of likely N-dealkylation sites (N-methyl/N-ethyl adjacent to an activating group) is 1. The Morgan fingerprint density at radius 2 is 1.90 bits per heavy atom. The second-order valence-electron chi connectivity index (χ2n) is 5.45. The molecule has 0 saturated heterocycles. The summed E-state index contributed by atoms with van der Waals surface area (Å²) in [4.78, 5) is 13.8. The number of unbranched alkanes of at least 4 members (excludes halogenated alkanes) is 2. The lowest BCUT2D eigenvalue weighted by Crippen LogP contribution is -2.42. The molecule has 112 valence electrons. The van der Waals surface area contributed by atoms with Crippen LogP contribution >= 0.6 is 0 Å². The molecule has 0 aliphatic carbocycles. The average molecular weight is 276 g/mol. The summed E-state index contributed by atoms with van der Waals surface area (Å²) in [6, 6.07) is 10.1. The Morgan fingerprint density at radius 1 is 1.20 bits per heavy atom. The van der Waals surface area contributed by atoms with Crippen molar-refractivity contribution in [3.05, 3.63) is 35.9 Å². The number of hydrogen-bond donors (Lipinski definition) is 1. The van der Waals surface area contributed by atoms with Gasteiger partial charge in [-0.3, -0.25) is 4.79 Å². The van der Waals surface area contributed by atoms with Crippen LogP contribution in [0.15, 0.2) is 30.3 Å². The Bertz CT molecular complexity index is 378. The lowest BCUT2D eigenvalue weighted by Gasteiger charge is -2.21. The van der Waals surface area contributed by atoms with Crippen molar-refractivity contribution in [2.24, 2.45) is 5.73 Å². The maximum Gasteiger partial charge on any atom is 0.239 e. The molecule has 0 aromatic heterocycles. The minimum atomic E-state index is -0.325. The van der Waals surface area contributed by atoms with Gasteiger partial charge >= 0.3 is 0 Å². The highest BCUT2D eigenvalue weighted by Crippen LogP contribution is 2.06. The molecule has 20 heavy (non-hydrogen) atoms. The Balaban J connectivity index is 2.19. The molecule has 0 unspecified atom stereocenters. The average Bonchev–Trinajstić information content (AvgIpc) is 2.49. The van der Waals surface area contributed by atoms with Gasteiger partial charge in [0.15, 0.2) is 0 Å². The minimum Gasteiger partial charge on any atom is -0.344 e. The molecule has 1 amide bonds. The van der Waals surface area contributed by atoms with E-state index in [-0.39, 0.29) is 11.9 Å². The zero-order chi connectivity index (χ0) is 14.8. The molecular formula is C17H28N2O. The highest BCUT2D eigenvalue weighted by atomic mass is 16.2. The number of nitrogens with zero attached hydrogens (tertiary/aromatic N) is 1. The van der Waals surface area contributed by atoms with Crippen LogP contribution in [0.2, 0.25) is 0 Å². The molecule has 2 N–H and O–H groups in total. The topological polar surface area (TPSA) is 46.3 Å². The van der Waals surface area contributed by atoms with Crippen molar-refractivity contribution < 1.29 is 4.79 Å². The summed E-state index contributed by atoms with van der Waals surface area (Å²) in [5, 5.41) is 0. The van der Waals surface area contributed by atoms with E-state index in [2.05, 4.69) is 31.2 Å². The summed E-state index contributed by atoms with van der Waals surface area (Å²) in [5.74, 6) is 0.0816. The van der Waals surface area contributed by atoms with Crippen molar-refractivity contribution in [1.82, 2.24) is 4.90 Å². The predicted molar refractivity (Wildman–Crippen MR) is 84.5 cm³/mol. The van der Waals surface area contributed by atoms with Gasteiger partial charge in [0.05, 0.1) is 6.04 Å². The number of rotatable bonds is 9. The number of benzene rings is 1. The van der Waals surface area contributed by atoms with Gasteiger partial charge in [0.25, 0.3) is 0 Å². The number of aryl methyl sites for hydroxylation is 1. The fourth-order valence-corrected chi connectivity index (χ4v) is 2.26. The second kappa shape index (κ2) is 9.54. The third-order valence-electron chi connectivity index (χ3n) is 3.61. The third-order valence-corrected chi connectivity index (χ3v) is 3.61. The molecule has 3 nitrogen and oxygen atoms in total. The Labute approximate surface area is 123 Å². The lowest BCUT2D eigenvalue weighted by atomic mass is 10.1. The van der Waals surface area contributed by atoms with Gasteiger partial charge in [-0.05, 0) is 31.2 Å². The molecule has 1 rings (SSSR count). The molecule has 0 fully saturated rings. The first-order valence-corrected chi connectivity index (χ1v) is 7.69. The first-order valence-electron chi connectivity index (χ1n) is 7.69. The maximum atomic E-state index is 12.0. The quantitative estimate of drug-likeness (QED) is 0.705. The highest BCUT2D eigenvalue weighted by Gasteiger charge is 2.16. The lowest BCUT2D eigenvalue weighted by molar-refractivity contribution is -0.131. The van der Waals surface area contributed by atoms with Crippen molar-refractivity contribution in [2.45, 2.75) is 51.5 Å². The molecular weight excluding hydrogens is 248 g/mol. The van der Waals surface area contributed by atoms with Crippen molar-refractivity contribution in [1.29, 1.82) is 0 Å². The second-order valence-corrected chi connectivity index (χ2v) is 5.45. The first kappa shape index (κ1) is 16.7. The molecule has 0 saturated carbocycles. The van der Waals surface area contributed by atoms with Gasteiger partial charge in [0.1, 0.15) is 0 Å². The molecule has 1 aromatic carbocycles. The van der Waals surface area contributed by atoms with Gasteiger partial charge in [-0.15, -0.1) is 0 Å². The van der Waals surface area contributed by atoms with E-state index in [1.165, 1.54) is 5.56 Å². The molecule has 0 heterocycles. The Kier molecular flexibility index (Phi) is 7.97. The SMILES string of the molecule is CCCC[C@H](N)C(=O)N(C)CCCCc1ccccc1. The predicted octanol–water partition coefficient (Wildman–Crippen LogP) is 2.99. The summed E-state index contributed by atoms with van der Waals surface area (Å²) in [5.41, 5.74) is 7.27. The molecule has 0 aliphatic heterocycles. The Hall–Kier alpha value is -1.35. The van der Waals surface area contributed by atoms with Crippen LogP contribution in [0, 0.1) is 0 Å². The summed E-state index contributed by atoms with van der Waals surface area (Å²) in [7, 11) is 1.86. The zero-order valence-corrected chi connectivity index (χ0v) is 12.8. The van der Waals surface area contributed by atoms with Gasteiger partial charge in [-0.25, -0.2) is 0 Å². The summed E-state index contributed by atoms with van der Waals surface area (Å²) < 4.78 is 0. The van der Waals surface area contributed by atoms with E-state index in [4.69, 9.17) is 5.73 Å². The van der Waals surface area contributed by atoms with Crippen LogP contribution in [0.3, 0.4) is 0 Å². The van der Waals surface area contributed by atoms with E-state index in [0.717, 1.165) is 45.1 Å². The highest BCUT2D eigenvalue weighted by molar-refractivity contribution is 5.81. The number of carbonyl (C=O) groups is 1. The number of carbonyl (C=O) groups excluding carboxylic acids is 1. The largest absolute Gasteiger partial charge is 0.344 e. The van der Waals surface area contributed by atoms with Gasteiger partial charge in [-0.1, -0.05) is 50.1 Å². The van der Waals surface area contributed by atoms with Crippen molar-refractivity contribution in [3.63, 3.8) is 0 Å². The summed E-state index contributed by atoms with van der Waals surface area (Å²) in [6.07, 6.45) is 6.11. The fraction of sp³-hybridized carbons (Fsp3) is 0.588. The van der Waals surface area contributed by atoms with Gasteiger partial charge in [0, 0.05) is 13.6 Å². The smallest absolute Gasteiger partial charge is 0.239 e. The van der Waals surface area contributed by atoms with Gasteiger partial charge < -0.3 is 10.6 Å². The van der Waals surface area contributed by atoms with Crippen LogP contribution in [0.4, 0.5) is 0 Å². The molecule has 3 heteroatoms. The normalized spacial score (nSPS) is 12.2. The monoisotopic (exact) mass is 276 g/mol. The first-order chi connectivity index (χ1) is 9.65. The molecule has 1 aromatic rings. The van der Waals surface area contributed by atoms with Crippen LogP contribution in [-0.2, 0) is 11.2 Å². The number of amides is 1.